The molecule has 1 heterocycles. The maximum atomic E-state index is 12.4. The monoisotopic (exact) mass is 294 g/mol. The summed E-state index contributed by atoms with van der Waals surface area (Å²) >= 11 is 6.04. The van der Waals surface area contributed by atoms with Crippen molar-refractivity contribution in [2.24, 2.45) is 0 Å². The number of carbonyl (C=O) groups is 1. The van der Waals surface area contributed by atoms with E-state index in [1.165, 1.54) is 0 Å². The Balaban J connectivity index is 2.92. The first kappa shape index (κ1) is 16.7. The Morgan fingerprint density at radius 1 is 1.45 bits per heavy atom. The molecule has 0 fully saturated rings. The fourth-order valence-electron chi connectivity index (χ4n) is 1.80. The van der Waals surface area contributed by atoms with Gasteiger partial charge in [-0.1, -0.05) is 38.4 Å². The topological polar surface area (TPSA) is 33.2 Å². The first-order valence-corrected chi connectivity index (χ1v) is 7.18. The number of nitrogens with zero attached hydrogens (tertiary/aromatic N) is 2. The van der Waals surface area contributed by atoms with Crippen LogP contribution in [-0.4, -0.2) is 29.4 Å². The van der Waals surface area contributed by atoms with E-state index in [2.05, 4.69) is 11.6 Å². The molecule has 1 rings (SSSR count). The highest BCUT2D eigenvalue weighted by Gasteiger charge is 2.20. The van der Waals surface area contributed by atoms with Crippen molar-refractivity contribution in [1.29, 1.82) is 0 Å². The molecule has 20 heavy (non-hydrogen) atoms. The Morgan fingerprint density at radius 3 is 2.65 bits per heavy atom. The lowest BCUT2D eigenvalue weighted by atomic mass is 9.91. The maximum absolute atomic E-state index is 12.4. The second-order valence-corrected chi connectivity index (χ2v) is 6.36. The number of halogens is 1. The van der Waals surface area contributed by atoms with Crippen molar-refractivity contribution in [2.45, 2.75) is 39.0 Å². The normalized spacial score (nSPS) is 11.2. The SMILES string of the molecule is C=CCCCN(C)C(=O)c1cc(Cl)nc(C(C)(C)C)c1. The smallest absolute Gasteiger partial charge is 0.253 e. The number of unbranched alkanes of at least 4 members (excludes halogenated alkanes) is 1. The highest BCUT2D eigenvalue weighted by Crippen LogP contribution is 2.23. The summed E-state index contributed by atoms with van der Waals surface area (Å²) in [6, 6.07) is 3.46. The Morgan fingerprint density at radius 2 is 2.10 bits per heavy atom. The molecule has 1 aromatic heterocycles. The summed E-state index contributed by atoms with van der Waals surface area (Å²) in [6.07, 6.45) is 3.68. The van der Waals surface area contributed by atoms with Gasteiger partial charge in [0.25, 0.3) is 5.91 Å². The van der Waals surface area contributed by atoms with E-state index in [1.54, 1.807) is 18.0 Å². The van der Waals surface area contributed by atoms with Gasteiger partial charge in [0.1, 0.15) is 5.15 Å². The maximum Gasteiger partial charge on any atom is 0.253 e. The third kappa shape index (κ3) is 4.64. The van der Waals surface area contributed by atoms with Gasteiger partial charge in [0.2, 0.25) is 0 Å². The summed E-state index contributed by atoms with van der Waals surface area (Å²) in [7, 11) is 1.80. The number of carbonyl (C=O) groups excluding carboxylic acids is 1. The molecule has 4 heteroatoms. The van der Waals surface area contributed by atoms with E-state index in [-0.39, 0.29) is 11.3 Å². The highest BCUT2D eigenvalue weighted by atomic mass is 35.5. The molecule has 0 N–H and O–H groups in total. The molecule has 0 spiro atoms. The molecular weight excluding hydrogens is 272 g/mol. The zero-order valence-electron chi connectivity index (χ0n) is 12.7. The van der Waals surface area contributed by atoms with E-state index in [1.807, 2.05) is 32.9 Å². The predicted octanol–water partition coefficient (Wildman–Crippen LogP) is 4.07. The van der Waals surface area contributed by atoms with Crippen molar-refractivity contribution in [1.82, 2.24) is 9.88 Å². The fraction of sp³-hybridized carbons (Fsp3) is 0.500. The van der Waals surface area contributed by atoms with Gasteiger partial charge >= 0.3 is 0 Å². The first-order valence-electron chi connectivity index (χ1n) is 6.80. The highest BCUT2D eigenvalue weighted by molar-refractivity contribution is 6.29. The summed E-state index contributed by atoms with van der Waals surface area (Å²) in [5, 5.41) is 0.361. The zero-order chi connectivity index (χ0) is 15.3. The summed E-state index contributed by atoms with van der Waals surface area (Å²) in [5.41, 5.74) is 1.28. The average Bonchev–Trinajstić information content (AvgIpc) is 2.36. The van der Waals surface area contributed by atoms with Crippen LogP contribution in [0.4, 0.5) is 0 Å². The Hall–Kier alpha value is -1.35. The number of aromatic nitrogens is 1. The van der Waals surface area contributed by atoms with E-state index >= 15 is 0 Å². The van der Waals surface area contributed by atoms with Gasteiger partial charge in [-0.15, -0.1) is 6.58 Å². The van der Waals surface area contributed by atoms with E-state index in [4.69, 9.17) is 11.6 Å². The van der Waals surface area contributed by atoms with Crippen molar-refractivity contribution in [2.75, 3.05) is 13.6 Å². The van der Waals surface area contributed by atoms with Gasteiger partial charge in [0.15, 0.2) is 0 Å². The molecule has 1 aromatic rings. The molecule has 1 amide bonds. The molecule has 0 bridgehead atoms. The van der Waals surface area contributed by atoms with Crippen LogP contribution in [0.15, 0.2) is 24.8 Å². The largest absolute Gasteiger partial charge is 0.342 e. The molecule has 0 atom stereocenters. The van der Waals surface area contributed by atoms with E-state index in [0.717, 1.165) is 18.5 Å². The van der Waals surface area contributed by atoms with Crippen LogP contribution in [0.3, 0.4) is 0 Å². The van der Waals surface area contributed by atoms with Gasteiger partial charge < -0.3 is 4.90 Å². The summed E-state index contributed by atoms with van der Waals surface area (Å²) in [6.45, 7) is 10.5. The third-order valence-corrected chi connectivity index (χ3v) is 3.25. The molecule has 0 saturated carbocycles. The number of rotatable bonds is 5. The van der Waals surface area contributed by atoms with E-state index < -0.39 is 0 Å². The standard InChI is InChI=1S/C16H23ClN2O/c1-6-7-8-9-19(5)15(20)12-10-13(16(2,3)4)18-14(17)11-12/h6,10-11H,1,7-9H2,2-5H3. The van der Waals surface area contributed by atoms with Crippen LogP contribution >= 0.6 is 11.6 Å². The second kappa shape index (κ2) is 6.89. The Bertz CT molecular complexity index is 492. The molecule has 0 radical (unpaired) electrons. The lowest BCUT2D eigenvalue weighted by molar-refractivity contribution is 0.0793. The zero-order valence-corrected chi connectivity index (χ0v) is 13.5. The first-order chi connectivity index (χ1) is 9.25. The fourth-order valence-corrected chi connectivity index (χ4v) is 2.01. The average molecular weight is 295 g/mol. The number of allylic oxidation sites excluding steroid dienone is 1. The van der Waals surface area contributed by atoms with Crippen LogP contribution in [0.25, 0.3) is 0 Å². The summed E-state index contributed by atoms with van der Waals surface area (Å²) in [5.74, 6) is -0.0242. The van der Waals surface area contributed by atoms with Crippen molar-refractivity contribution < 1.29 is 4.79 Å². The molecule has 0 aliphatic carbocycles. The van der Waals surface area contributed by atoms with Gasteiger partial charge in [0, 0.05) is 30.3 Å². The van der Waals surface area contributed by atoms with Crippen LogP contribution in [0.1, 0.15) is 49.7 Å². The minimum absolute atomic E-state index is 0.0242. The van der Waals surface area contributed by atoms with Crippen LogP contribution < -0.4 is 0 Å². The molecule has 3 nitrogen and oxygen atoms in total. The van der Waals surface area contributed by atoms with Crippen LogP contribution in [0.5, 0.6) is 0 Å². The van der Waals surface area contributed by atoms with Crippen LogP contribution in [0, 0.1) is 0 Å². The van der Waals surface area contributed by atoms with Gasteiger partial charge in [-0.3, -0.25) is 4.79 Å². The van der Waals surface area contributed by atoms with Crippen molar-refractivity contribution >= 4 is 17.5 Å². The Labute approximate surface area is 126 Å². The number of amides is 1. The molecule has 0 aliphatic rings. The predicted molar refractivity (Wildman–Crippen MR) is 84.3 cm³/mol. The molecule has 0 unspecified atom stereocenters. The van der Waals surface area contributed by atoms with Crippen LogP contribution in [0.2, 0.25) is 5.15 Å². The van der Waals surface area contributed by atoms with Crippen molar-refractivity contribution in [3.05, 3.63) is 41.2 Å². The number of hydrogen-bond acceptors (Lipinski definition) is 2. The minimum atomic E-state index is -0.138. The van der Waals surface area contributed by atoms with Crippen LogP contribution in [-0.2, 0) is 5.41 Å². The summed E-state index contributed by atoms with van der Waals surface area (Å²) in [4.78, 5) is 18.4. The lowest BCUT2D eigenvalue weighted by Gasteiger charge is -2.21. The van der Waals surface area contributed by atoms with E-state index in [0.29, 0.717) is 17.3 Å². The molecular formula is C16H23ClN2O. The van der Waals surface area contributed by atoms with Gasteiger partial charge in [0.05, 0.1) is 0 Å². The van der Waals surface area contributed by atoms with Crippen molar-refractivity contribution in [3.8, 4) is 0 Å². The number of pyridine rings is 1. The van der Waals surface area contributed by atoms with Gasteiger partial charge in [-0.25, -0.2) is 4.98 Å². The minimum Gasteiger partial charge on any atom is -0.342 e. The molecule has 0 aliphatic heterocycles. The third-order valence-electron chi connectivity index (χ3n) is 3.06. The van der Waals surface area contributed by atoms with Gasteiger partial charge in [-0.05, 0) is 25.0 Å². The molecule has 0 saturated heterocycles. The van der Waals surface area contributed by atoms with E-state index in [9.17, 15) is 4.79 Å². The summed E-state index contributed by atoms with van der Waals surface area (Å²) < 4.78 is 0. The Kier molecular flexibility index (Phi) is 5.75. The lowest BCUT2D eigenvalue weighted by Crippen LogP contribution is -2.28. The van der Waals surface area contributed by atoms with Crippen molar-refractivity contribution in [3.63, 3.8) is 0 Å². The second-order valence-electron chi connectivity index (χ2n) is 5.97. The quantitative estimate of drug-likeness (QED) is 0.466. The number of hydrogen-bond donors (Lipinski definition) is 0. The molecule has 110 valence electrons. The molecule has 0 aromatic carbocycles. The van der Waals surface area contributed by atoms with Gasteiger partial charge in [-0.2, -0.15) is 0 Å².